The van der Waals surface area contributed by atoms with Crippen molar-refractivity contribution >= 4 is 29.8 Å². The van der Waals surface area contributed by atoms with E-state index >= 15 is 0 Å². The Balaban J connectivity index is 1.90. The maximum atomic E-state index is 13.0. The van der Waals surface area contributed by atoms with E-state index in [1.165, 1.54) is 0 Å². The van der Waals surface area contributed by atoms with Crippen LogP contribution in [0.15, 0.2) is 60.7 Å². The Kier molecular flexibility index (Phi) is 4.23. The van der Waals surface area contributed by atoms with E-state index in [1.54, 1.807) is 0 Å². The normalized spacial score (nSPS) is 20.0. The summed E-state index contributed by atoms with van der Waals surface area (Å²) in [6.07, 6.45) is 4.79. The number of allylic oxidation sites excluding steroid dienone is 1. The van der Waals surface area contributed by atoms with Gasteiger partial charge in [-0.2, -0.15) is 0 Å². The molecule has 0 saturated carbocycles. The third kappa shape index (κ3) is 3.02. The van der Waals surface area contributed by atoms with Crippen molar-refractivity contribution in [2.45, 2.75) is 30.0 Å². The molecule has 0 radical (unpaired) electrons. The molecular weight excluding hydrogens is 279 g/mol. The number of benzene rings is 2. The Hall–Kier alpha value is -1.75. The molecule has 0 amide bonds. The van der Waals surface area contributed by atoms with Crippen molar-refractivity contribution in [3.63, 3.8) is 0 Å². The Bertz CT molecular complexity index is 749. The van der Waals surface area contributed by atoms with Crippen LogP contribution in [0.1, 0.15) is 37.0 Å². The quantitative estimate of drug-likeness (QED) is 0.633. The summed E-state index contributed by atoms with van der Waals surface area (Å²) in [6, 6.07) is 17.9. The predicted molar refractivity (Wildman–Crippen MR) is 93.1 cm³/mol. The molecule has 1 atom stereocenters. The fourth-order valence-corrected chi connectivity index (χ4v) is 3.11. The Morgan fingerprint density at radius 2 is 1.74 bits per heavy atom. The topological polar surface area (TPSA) is 26.3 Å². The Morgan fingerprint density at radius 1 is 1.09 bits per heavy atom. The first kappa shape index (κ1) is 16.1. The van der Waals surface area contributed by atoms with Crippen molar-refractivity contribution in [1.29, 1.82) is 0 Å². The van der Waals surface area contributed by atoms with Crippen LogP contribution in [0.5, 0.6) is 0 Å². The van der Waals surface area contributed by atoms with Crippen molar-refractivity contribution in [2.75, 3.05) is 0 Å². The number of carbonyl (C=O) groups excluding carboxylic acids is 1. The Morgan fingerprint density at radius 3 is 2.48 bits per heavy atom. The molecule has 2 aromatic rings. The third-order valence-electron chi connectivity index (χ3n) is 4.65. The minimum atomic E-state index is -0.655. The van der Waals surface area contributed by atoms with Crippen LogP contribution in [0.3, 0.4) is 0 Å². The molecule has 3 rings (SSSR count). The average Bonchev–Trinajstić information content (AvgIpc) is 2.56. The molecule has 0 spiro atoms. The molecule has 23 heavy (non-hydrogen) atoms. The van der Waals surface area contributed by atoms with Gasteiger partial charge in [0.15, 0.2) is 0 Å². The van der Waals surface area contributed by atoms with Gasteiger partial charge in [0.25, 0.3) is 0 Å². The van der Waals surface area contributed by atoms with Gasteiger partial charge in [-0.25, -0.2) is 0 Å². The molecule has 1 aliphatic rings. The number of ether oxygens (including phenoxy) is 1. The monoisotopic (exact) mass is 298 g/mol. The SMILES string of the molecule is [Li][C]1(C(=O)OC(C)(C)c2ccccc2)CC=Cc2ccccc21. The summed E-state index contributed by atoms with van der Waals surface area (Å²) < 4.78 is 5.31. The van der Waals surface area contributed by atoms with Crippen LogP contribution in [0.25, 0.3) is 6.08 Å². The predicted octanol–water partition coefficient (Wildman–Crippen LogP) is 3.95. The molecule has 112 valence electrons. The number of carbonyl (C=O) groups is 1. The molecular formula is C20H19LiO2. The number of fused-ring (bicyclic) bond motifs is 1. The van der Waals surface area contributed by atoms with Gasteiger partial charge >= 0.3 is 147 Å². The second-order valence-corrected chi connectivity index (χ2v) is 6.79. The molecule has 2 nitrogen and oxygen atoms in total. The van der Waals surface area contributed by atoms with Gasteiger partial charge in [0, 0.05) is 0 Å². The zero-order chi connectivity index (χ0) is 16.5. The fraction of sp³-hybridized carbons (Fsp3) is 0.250. The maximum absolute atomic E-state index is 13.0. The van der Waals surface area contributed by atoms with E-state index in [9.17, 15) is 4.79 Å². The zero-order valence-corrected chi connectivity index (χ0v) is 13.9. The van der Waals surface area contributed by atoms with E-state index in [4.69, 9.17) is 4.74 Å². The summed E-state index contributed by atoms with van der Waals surface area (Å²) in [5.74, 6) is -0.178. The molecule has 3 heteroatoms. The number of rotatable bonds is 3. The van der Waals surface area contributed by atoms with Gasteiger partial charge in [-0.3, -0.25) is 0 Å². The standard InChI is InChI=1S/C20H19O2.Li/c1-20(2,16-11-4-3-5-12-16)22-19(21)18-14-8-10-15-9-6-7-13-17(15)18;/h3-13H,14H2,1-2H3;. The van der Waals surface area contributed by atoms with Gasteiger partial charge in [0.2, 0.25) is 0 Å². The summed E-state index contributed by atoms with van der Waals surface area (Å²) in [5, 5.41) is 0. The van der Waals surface area contributed by atoms with Crippen LogP contribution in [0.2, 0.25) is 0 Å². The van der Waals surface area contributed by atoms with Gasteiger partial charge in [0.05, 0.1) is 0 Å². The van der Waals surface area contributed by atoms with Crippen molar-refractivity contribution < 1.29 is 9.53 Å². The molecule has 0 aliphatic heterocycles. The van der Waals surface area contributed by atoms with Crippen molar-refractivity contribution in [3.8, 4) is 0 Å². The van der Waals surface area contributed by atoms with E-state index in [-0.39, 0.29) is 5.97 Å². The first-order chi connectivity index (χ1) is 10.9. The first-order valence-corrected chi connectivity index (χ1v) is 7.98. The fourth-order valence-electron chi connectivity index (χ4n) is 3.11. The molecule has 0 saturated heterocycles. The van der Waals surface area contributed by atoms with Crippen LogP contribution >= 0.6 is 0 Å². The van der Waals surface area contributed by atoms with Crippen LogP contribution < -0.4 is 0 Å². The van der Waals surface area contributed by atoms with Crippen LogP contribution in [0, 0.1) is 0 Å². The first-order valence-electron chi connectivity index (χ1n) is 7.98. The van der Waals surface area contributed by atoms with Gasteiger partial charge in [-0.1, -0.05) is 0 Å². The van der Waals surface area contributed by atoms with E-state index < -0.39 is 9.69 Å². The van der Waals surface area contributed by atoms with E-state index in [2.05, 4.69) is 12.2 Å². The van der Waals surface area contributed by atoms with E-state index in [0.717, 1.165) is 16.7 Å². The molecule has 0 N–H and O–H groups in total. The second-order valence-electron chi connectivity index (χ2n) is 6.79. The van der Waals surface area contributed by atoms with Crippen molar-refractivity contribution in [1.82, 2.24) is 0 Å². The second kappa shape index (κ2) is 6.04. The molecule has 1 aliphatic carbocycles. The van der Waals surface area contributed by atoms with Gasteiger partial charge < -0.3 is 0 Å². The Labute approximate surface area is 146 Å². The molecule has 0 heterocycles. The minimum absolute atomic E-state index is 0.178. The van der Waals surface area contributed by atoms with Crippen LogP contribution in [-0.4, -0.2) is 23.7 Å². The summed E-state index contributed by atoms with van der Waals surface area (Å²) in [6.45, 7) is 3.88. The summed E-state index contributed by atoms with van der Waals surface area (Å²) in [4.78, 5) is 13.0. The molecule has 1 unspecified atom stereocenters. The van der Waals surface area contributed by atoms with Crippen LogP contribution in [0.4, 0.5) is 0 Å². The molecule has 2 aromatic carbocycles. The van der Waals surface area contributed by atoms with Gasteiger partial charge in [-0.05, 0) is 0 Å². The molecule has 0 bridgehead atoms. The van der Waals surface area contributed by atoms with Gasteiger partial charge in [0.1, 0.15) is 0 Å². The van der Waals surface area contributed by atoms with E-state index in [1.807, 2.05) is 86.2 Å². The number of hydrogen-bond donors (Lipinski definition) is 0. The summed E-state index contributed by atoms with van der Waals surface area (Å²) in [5.41, 5.74) is 2.47. The zero-order valence-electron chi connectivity index (χ0n) is 13.9. The number of hydrogen-bond acceptors (Lipinski definition) is 2. The molecule has 0 aromatic heterocycles. The van der Waals surface area contributed by atoms with Crippen LogP contribution in [-0.2, 0) is 19.2 Å². The van der Waals surface area contributed by atoms with E-state index in [0.29, 0.717) is 6.42 Å². The average molecular weight is 298 g/mol. The summed E-state index contributed by atoms with van der Waals surface area (Å²) >= 11 is 1.97. The number of esters is 1. The summed E-state index contributed by atoms with van der Waals surface area (Å²) in [7, 11) is 0. The van der Waals surface area contributed by atoms with Gasteiger partial charge in [-0.15, -0.1) is 0 Å². The van der Waals surface area contributed by atoms with Crippen molar-refractivity contribution in [3.05, 3.63) is 77.4 Å². The molecule has 0 fully saturated rings. The van der Waals surface area contributed by atoms with Crippen molar-refractivity contribution in [2.24, 2.45) is 0 Å². The third-order valence-corrected chi connectivity index (χ3v) is 4.65.